The normalized spacial score (nSPS) is 19.2. The Labute approximate surface area is 121 Å². The Morgan fingerprint density at radius 1 is 1.35 bits per heavy atom. The van der Waals surface area contributed by atoms with Crippen LogP contribution in [0.1, 0.15) is 70.7 Å². The molecule has 1 N–H and O–H groups in total. The minimum Gasteiger partial charge on any atom is -0.370 e. The largest absolute Gasteiger partial charge is 0.370 e. The standard InChI is InChI=1S/C15H27N3O2/c1-5-19-12(11-9-7-6-8-10-11)13-17-14(20-18-13)15(2,3)16-4/h11-12,16H,5-10H2,1-4H3. The summed E-state index contributed by atoms with van der Waals surface area (Å²) in [6.45, 7) is 6.76. The van der Waals surface area contributed by atoms with Gasteiger partial charge in [0.15, 0.2) is 0 Å². The van der Waals surface area contributed by atoms with E-state index in [1.54, 1.807) is 0 Å². The van der Waals surface area contributed by atoms with Gasteiger partial charge in [0, 0.05) is 6.61 Å². The molecule has 0 aromatic carbocycles. The molecule has 1 fully saturated rings. The third-order valence-corrected chi connectivity index (χ3v) is 4.28. The van der Waals surface area contributed by atoms with Crippen LogP contribution in [0, 0.1) is 5.92 Å². The first-order valence-corrected chi connectivity index (χ1v) is 7.73. The highest BCUT2D eigenvalue weighted by molar-refractivity contribution is 5.02. The van der Waals surface area contributed by atoms with E-state index < -0.39 is 0 Å². The van der Waals surface area contributed by atoms with Crippen LogP contribution >= 0.6 is 0 Å². The molecule has 1 unspecified atom stereocenters. The second-order valence-corrected chi connectivity index (χ2v) is 6.11. The highest BCUT2D eigenvalue weighted by atomic mass is 16.5. The summed E-state index contributed by atoms with van der Waals surface area (Å²) in [5.74, 6) is 1.85. The molecule has 1 aromatic rings. The Morgan fingerprint density at radius 2 is 2.05 bits per heavy atom. The number of nitrogens with zero attached hydrogens (tertiary/aromatic N) is 2. The van der Waals surface area contributed by atoms with E-state index in [1.807, 2.05) is 27.8 Å². The number of aromatic nitrogens is 2. The van der Waals surface area contributed by atoms with Gasteiger partial charge < -0.3 is 14.6 Å². The monoisotopic (exact) mass is 281 g/mol. The van der Waals surface area contributed by atoms with Crippen molar-refractivity contribution in [1.82, 2.24) is 15.5 Å². The van der Waals surface area contributed by atoms with Crippen molar-refractivity contribution in [2.24, 2.45) is 5.92 Å². The molecule has 0 spiro atoms. The molecule has 0 amide bonds. The summed E-state index contributed by atoms with van der Waals surface area (Å²) in [7, 11) is 1.89. The maximum absolute atomic E-state index is 5.92. The van der Waals surface area contributed by atoms with Gasteiger partial charge in [-0.25, -0.2) is 0 Å². The van der Waals surface area contributed by atoms with Crippen LogP contribution in [0.2, 0.25) is 0 Å². The number of ether oxygens (including phenoxy) is 1. The van der Waals surface area contributed by atoms with Gasteiger partial charge >= 0.3 is 0 Å². The molecule has 20 heavy (non-hydrogen) atoms. The Bertz CT molecular complexity index is 411. The molecule has 0 aliphatic heterocycles. The topological polar surface area (TPSA) is 60.2 Å². The Hall–Kier alpha value is -0.940. The summed E-state index contributed by atoms with van der Waals surface area (Å²) in [5.41, 5.74) is -0.311. The van der Waals surface area contributed by atoms with Crippen LogP contribution in [0.25, 0.3) is 0 Å². The zero-order valence-corrected chi connectivity index (χ0v) is 13.1. The second-order valence-electron chi connectivity index (χ2n) is 6.11. The average Bonchev–Trinajstić information content (AvgIpc) is 2.96. The van der Waals surface area contributed by atoms with E-state index >= 15 is 0 Å². The maximum Gasteiger partial charge on any atom is 0.246 e. The van der Waals surface area contributed by atoms with Crippen molar-refractivity contribution in [2.45, 2.75) is 64.5 Å². The third-order valence-electron chi connectivity index (χ3n) is 4.28. The van der Waals surface area contributed by atoms with Gasteiger partial charge in [-0.1, -0.05) is 24.4 Å². The minimum atomic E-state index is -0.311. The highest BCUT2D eigenvalue weighted by Gasteiger charge is 2.32. The summed E-state index contributed by atoms with van der Waals surface area (Å²) in [5, 5.41) is 7.36. The lowest BCUT2D eigenvalue weighted by atomic mass is 9.85. The Morgan fingerprint density at radius 3 is 2.65 bits per heavy atom. The third kappa shape index (κ3) is 3.38. The van der Waals surface area contributed by atoms with E-state index in [1.165, 1.54) is 32.1 Å². The van der Waals surface area contributed by atoms with E-state index in [2.05, 4.69) is 15.5 Å². The van der Waals surface area contributed by atoms with Crippen molar-refractivity contribution >= 4 is 0 Å². The lowest BCUT2D eigenvalue weighted by Gasteiger charge is -2.27. The fourth-order valence-electron chi connectivity index (χ4n) is 2.75. The SMILES string of the molecule is CCOC(c1noc(C(C)(C)NC)n1)C1CCCCC1. The van der Waals surface area contributed by atoms with Crippen LogP contribution in [-0.2, 0) is 10.3 Å². The van der Waals surface area contributed by atoms with Crippen LogP contribution < -0.4 is 5.32 Å². The molecule has 5 heteroatoms. The molecule has 1 saturated carbocycles. The zero-order valence-electron chi connectivity index (χ0n) is 13.1. The Balaban J connectivity index is 2.17. The van der Waals surface area contributed by atoms with Gasteiger partial charge in [-0.2, -0.15) is 4.98 Å². The van der Waals surface area contributed by atoms with Gasteiger partial charge in [-0.15, -0.1) is 0 Å². The molecular formula is C15H27N3O2. The molecule has 1 aliphatic carbocycles. The quantitative estimate of drug-likeness (QED) is 0.867. The van der Waals surface area contributed by atoms with Crippen molar-refractivity contribution in [3.63, 3.8) is 0 Å². The van der Waals surface area contributed by atoms with Crippen LogP contribution in [0.5, 0.6) is 0 Å². The molecular weight excluding hydrogens is 254 g/mol. The van der Waals surface area contributed by atoms with Crippen molar-refractivity contribution in [3.8, 4) is 0 Å². The van der Waals surface area contributed by atoms with Gasteiger partial charge in [0.2, 0.25) is 11.7 Å². The molecule has 2 rings (SSSR count). The Kier molecular flexibility index (Phi) is 5.16. The minimum absolute atomic E-state index is 0.0227. The molecule has 1 aromatic heterocycles. The first-order chi connectivity index (χ1) is 9.58. The molecule has 0 bridgehead atoms. The van der Waals surface area contributed by atoms with Crippen molar-refractivity contribution < 1.29 is 9.26 Å². The molecule has 1 aliphatic rings. The lowest BCUT2D eigenvalue weighted by molar-refractivity contribution is -0.00145. The van der Waals surface area contributed by atoms with Crippen LogP contribution in [0.4, 0.5) is 0 Å². The average molecular weight is 281 g/mol. The predicted molar refractivity (Wildman–Crippen MR) is 77.3 cm³/mol. The first-order valence-electron chi connectivity index (χ1n) is 7.73. The predicted octanol–water partition coefficient (Wildman–Crippen LogP) is 3.18. The smallest absolute Gasteiger partial charge is 0.246 e. The van der Waals surface area contributed by atoms with Gasteiger partial charge in [-0.05, 0) is 46.6 Å². The molecule has 1 heterocycles. The van der Waals surface area contributed by atoms with Crippen molar-refractivity contribution in [3.05, 3.63) is 11.7 Å². The van der Waals surface area contributed by atoms with Gasteiger partial charge in [-0.3, -0.25) is 0 Å². The number of rotatable bonds is 6. The summed E-state index contributed by atoms with van der Waals surface area (Å²) in [6.07, 6.45) is 6.26. The molecule has 0 saturated heterocycles. The maximum atomic E-state index is 5.92. The summed E-state index contributed by atoms with van der Waals surface area (Å²) >= 11 is 0. The number of nitrogens with one attached hydrogen (secondary N) is 1. The first kappa shape index (κ1) is 15.4. The summed E-state index contributed by atoms with van der Waals surface area (Å²) in [6, 6.07) is 0. The van der Waals surface area contributed by atoms with E-state index in [-0.39, 0.29) is 11.6 Å². The molecule has 5 nitrogen and oxygen atoms in total. The molecule has 114 valence electrons. The fraction of sp³-hybridized carbons (Fsp3) is 0.867. The van der Waals surface area contributed by atoms with E-state index in [9.17, 15) is 0 Å². The molecule has 0 radical (unpaired) electrons. The van der Waals surface area contributed by atoms with Crippen LogP contribution in [0.15, 0.2) is 4.52 Å². The number of hydrogen-bond acceptors (Lipinski definition) is 5. The van der Waals surface area contributed by atoms with Crippen LogP contribution in [-0.4, -0.2) is 23.8 Å². The summed E-state index contributed by atoms with van der Waals surface area (Å²) in [4.78, 5) is 4.58. The highest BCUT2D eigenvalue weighted by Crippen LogP contribution is 2.36. The van der Waals surface area contributed by atoms with Crippen molar-refractivity contribution in [2.75, 3.05) is 13.7 Å². The van der Waals surface area contributed by atoms with Crippen LogP contribution in [0.3, 0.4) is 0 Å². The lowest BCUT2D eigenvalue weighted by Crippen LogP contribution is -2.33. The second kappa shape index (κ2) is 6.68. The van der Waals surface area contributed by atoms with Crippen molar-refractivity contribution in [1.29, 1.82) is 0 Å². The van der Waals surface area contributed by atoms with Gasteiger partial charge in [0.05, 0.1) is 5.54 Å². The van der Waals surface area contributed by atoms with Gasteiger partial charge in [0.25, 0.3) is 0 Å². The fourth-order valence-corrected chi connectivity index (χ4v) is 2.75. The zero-order chi connectivity index (χ0) is 14.6. The van der Waals surface area contributed by atoms with Gasteiger partial charge in [0.1, 0.15) is 6.10 Å². The number of hydrogen-bond donors (Lipinski definition) is 1. The van der Waals surface area contributed by atoms with E-state index in [0.29, 0.717) is 24.2 Å². The van der Waals surface area contributed by atoms with E-state index in [0.717, 1.165) is 0 Å². The molecule has 1 atom stereocenters. The summed E-state index contributed by atoms with van der Waals surface area (Å²) < 4.78 is 11.4. The van der Waals surface area contributed by atoms with E-state index in [4.69, 9.17) is 9.26 Å².